The van der Waals surface area contributed by atoms with Gasteiger partial charge in [-0.15, -0.1) is 0 Å². The molecular weight excluding hydrogens is 305 g/mol. The summed E-state index contributed by atoms with van der Waals surface area (Å²) < 4.78 is 14.0. The highest BCUT2D eigenvalue weighted by molar-refractivity contribution is 5.82. The maximum atomic E-state index is 14.0. The highest BCUT2D eigenvalue weighted by atomic mass is 19.1. The summed E-state index contributed by atoms with van der Waals surface area (Å²) in [7, 11) is 0. The smallest absolute Gasteiger partial charge is 0.164 e. The Bertz CT molecular complexity index is 1020. The Kier molecular flexibility index (Phi) is 3.42. The third-order valence-electron chi connectivity index (χ3n) is 3.73. The van der Waals surface area contributed by atoms with Crippen molar-refractivity contribution >= 4 is 22.4 Å². The van der Waals surface area contributed by atoms with Gasteiger partial charge in [-0.2, -0.15) is 5.10 Å². The van der Waals surface area contributed by atoms with Crippen LogP contribution in [0.4, 0.5) is 15.9 Å². The van der Waals surface area contributed by atoms with E-state index in [1.54, 1.807) is 30.6 Å². The molecule has 6 heteroatoms. The predicted octanol–water partition coefficient (Wildman–Crippen LogP) is 4.21. The van der Waals surface area contributed by atoms with Crippen LogP contribution in [-0.4, -0.2) is 20.2 Å². The van der Waals surface area contributed by atoms with Gasteiger partial charge in [-0.1, -0.05) is 11.6 Å². The molecule has 24 heavy (non-hydrogen) atoms. The predicted molar refractivity (Wildman–Crippen MR) is 91.5 cm³/mol. The molecule has 2 heterocycles. The molecule has 0 saturated heterocycles. The number of fused-ring (bicyclic) bond motifs is 1. The van der Waals surface area contributed by atoms with Crippen LogP contribution in [0.5, 0.6) is 0 Å². The molecule has 4 aromatic rings. The zero-order valence-electron chi connectivity index (χ0n) is 12.9. The number of aryl methyl sites for hydroxylation is 1. The first-order valence-electron chi connectivity index (χ1n) is 7.49. The van der Waals surface area contributed by atoms with Gasteiger partial charge in [0.25, 0.3) is 0 Å². The molecule has 0 amide bonds. The third kappa shape index (κ3) is 2.69. The summed E-state index contributed by atoms with van der Waals surface area (Å²) in [6.45, 7) is 1.91. The molecule has 5 nitrogen and oxygen atoms in total. The number of nitrogens with zero attached hydrogens (tertiary/aromatic N) is 3. The minimum atomic E-state index is -0.336. The van der Waals surface area contributed by atoms with Gasteiger partial charge in [0, 0.05) is 17.3 Å². The van der Waals surface area contributed by atoms with E-state index in [2.05, 4.69) is 25.5 Å². The van der Waals surface area contributed by atoms with E-state index in [0.29, 0.717) is 17.2 Å². The van der Waals surface area contributed by atoms with E-state index in [1.165, 1.54) is 6.07 Å². The van der Waals surface area contributed by atoms with Crippen LogP contribution in [0.3, 0.4) is 0 Å². The van der Waals surface area contributed by atoms with Gasteiger partial charge < -0.3 is 5.32 Å². The summed E-state index contributed by atoms with van der Waals surface area (Å²) in [4.78, 5) is 8.61. The zero-order chi connectivity index (χ0) is 16.5. The number of anilines is 2. The topological polar surface area (TPSA) is 66.5 Å². The van der Waals surface area contributed by atoms with Gasteiger partial charge in [-0.25, -0.2) is 14.4 Å². The molecule has 0 aliphatic heterocycles. The molecule has 0 fully saturated rings. The van der Waals surface area contributed by atoms with Crippen LogP contribution < -0.4 is 5.32 Å². The average Bonchev–Trinajstić information content (AvgIpc) is 3.05. The molecule has 0 atom stereocenters. The second-order valence-corrected chi connectivity index (χ2v) is 5.55. The van der Waals surface area contributed by atoms with Crippen molar-refractivity contribution in [2.24, 2.45) is 0 Å². The van der Waals surface area contributed by atoms with Crippen molar-refractivity contribution in [2.75, 3.05) is 5.32 Å². The van der Waals surface area contributed by atoms with Gasteiger partial charge in [-0.3, -0.25) is 5.10 Å². The van der Waals surface area contributed by atoms with Crippen LogP contribution in [0.15, 0.2) is 54.9 Å². The van der Waals surface area contributed by atoms with Crippen molar-refractivity contribution < 1.29 is 4.39 Å². The Morgan fingerprint density at radius 3 is 2.92 bits per heavy atom. The van der Waals surface area contributed by atoms with E-state index in [-0.39, 0.29) is 5.82 Å². The number of hydrogen-bond donors (Lipinski definition) is 2. The van der Waals surface area contributed by atoms with Crippen molar-refractivity contribution in [3.8, 4) is 11.4 Å². The lowest BCUT2D eigenvalue weighted by Gasteiger charge is -2.08. The van der Waals surface area contributed by atoms with E-state index in [9.17, 15) is 4.39 Å². The van der Waals surface area contributed by atoms with E-state index >= 15 is 0 Å². The second kappa shape index (κ2) is 5.73. The standard InChI is InChI=1S/C18H14FN5/c1-11-2-4-15(19)14(8-11)18-20-7-6-17(23-18)22-13-3-5-16-12(9-13)10-21-24-16/h2-10H,1H3,(H,21,24)(H,20,22,23). The lowest BCUT2D eigenvalue weighted by molar-refractivity contribution is 0.629. The summed E-state index contributed by atoms with van der Waals surface area (Å²) in [5, 5.41) is 11.1. The fourth-order valence-electron chi connectivity index (χ4n) is 2.54. The number of aromatic amines is 1. The van der Waals surface area contributed by atoms with Gasteiger partial charge in [0.1, 0.15) is 11.6 Å². The van der Waals surface area contributed by atoms with Crippen LogP contribution in [0.25, 0.3) is 22.3 Å². The van der Waals surface area contributed by atoms with Crippen LogP contribution in [-0.2, 0) is 0 Å². The minimum absolute atomic E-state index is 0.336. The summed E-state index contributed by atoms with van der Waals surface area (Å²) in [5.74, 6) is 0.618. The Morgan fingerprint density at radius 2 is 2.00 bits per heavy atom. The van der Waals surface area contributed by atoms with E-state index < -0.39 is 0 Å². The third-order valence-corrected chi connectivity index (χ3v) is 3.73. The highest BCUT2D eigenvalue weighted by Gasteiger charge is 2.09. The number of nitrogens with one attached hydrogen (secondary N) is 2. The van der Waals surface area contributed by atoms with E-state index in [1.807, 2.05) is 25.1 Å². The molecule has 0 saturated carbocycles. The SMILES string of the molecule is Cc1ccc(F)c(-c2nccc(Nc3ccc4[nH]ncc4c3)n2)c1. The molecule has 0 aliphatic rings. The quantitative estimate of drug-likeness (QED) is 0.593. The fourth-order valence-corrected chi connectivity index (χ4v) is 2.54. The number of rotatable bonds is 3. The summed E-state index contributed by atoms with van der Waals surface area (Å²) >= 11 is 0. The molecule has 0 unspecified atom stereocenters. The Hall–Kier alpha value is -3.28. The highest BCUT2D eigenvalue weighted by Crippen LogP contribution is 2.24. The number of benzene rings is 2. The molecule has 2 N–H and O–H groups in total. The van der Waals surface area contributed by atoms with Gasteiger partial charge >= 0.3 is 0 Å². The summed E-state index contributed by atoms with van der Waals surface area (Å²) in [5.41, 5.74) is 3.19. The van der Waals surface area contributed by atoms with Crippen LogP contribution in [0.1, 0.15) is 5.56 Å². The van der Waals surface area contributed by atoms with Crippen molar-refractivity contribution in [1.29, 1.82) is 0 Å². The van der Waals surface area contributed by atoms with Gasteiger partial charge in [0.2, 0.25) is 0 Å². The van der Waals surface area contributed by atoms with Crippen LogP contribution in [0.2, 0.25) is 0 Å². The first-order chi connectivity index (χ1) is 11.7. The lowest BCUT2D eigenvalue weighted by atomic mass is 10.1. The largest absolute Gasteiger partial charge is 0.340 e. The normalized spacial score (nSPS) is 10.9. The van der Waals surface area contributed by atoms with E-state index in [0.717, 1.165) is 22.2 Å². The molecule has 0 bridgehead atoms. The van der Waals surface area contributed by atoms with Crippen LogP contribution in [0, 0.1) is 12.7 Å². The molecular formula is C18H14FN5. The number of hydrogen-bond acceptors (Lipinski definition) is 4. The van der Waals surface area contributed by atoms with Crippen LogP contribution >= 0.6 is 0 Å². The number of aromatic nitrogens is 4. The van der Waals surface area contributed by atoms with Gasteiger partial charge in [0.15, 0.2) is 5.82 Å². The molecule has 118 valence electrons. The molecule has 0 spiro atoms. The number of H-pyrrole nitrogens is 1. The van der Waals surface area contributed by atoms with Crippen molar-refractivity contribution in [2.45, 2.75) is 6.92 Å². The van der Waals surface area contributed by atoms with Crippen molar-refractivity contribution in [3.63, 3.8) is 0 Å². The molecule has 0 radical (unpaired) electrons. The number of halogens is 1. The molecule has 4 rings (SSSR count). The van der Waals surface area contributed by atoms with Gasteiger partial charge in [-0.05, 0) is 43.3 Å². The lowest BCUT2D eigenvalue weighted by Crippen LogP contribution is -1.98. The fraction of sp³-hybridized carbons (Fsp3) is 0.0556. The Morgan fingerprint density at radius 1 is 1.08 bits per heavy atom. The first-order valence-corrected chi connectivity index (χ1v) is 7.49. The first kappa shape index (κ1) is 14.3. The Balaban J connectivity index is 1.68. The molecule has 0 aliphatic carbocycles. The monoisotopic (exact) mass is 319 g/mol. The molecule has 2 aromatic carbocycles. The molecule has 2 aromatic heterocycles. The van der Waals surface area contributed by atoms with Crippen molar-refractivity contribution in [1.82, 2.24) is 20.2 Å². The summed E-state index contributed by atoms with van der Waals surface area (Å²) in [6, 6.07) is 12.5. The van der Waals surface area contributed by atoms with E-state index in [4.69, 9.17) is 0 Å². The average molecular weight is 319 g/mol. The minimum Gasteiger partial charge on any atom is -0.340 e. The van der Waals surface area contributed by atoms with Crippen molar-refractivity contribution in [3.05, 3.63) is 66.2 Å². The van der Waals surface area contributed by atoms with Gasteiger partial charge in [0.05, 0.1) is 17.3 Å². The maximum Gasteiger partial charge on any atom is 0.164 e. The summed E-state index contributed by atoms with van der Waals surface area (Å²) in [6.07, 6.45) is 3.37. The second-order valence-electron chi connectivity index (χ2n) is 5.55. The Labute approximate surface area is 137 Å². The zero-order valence-corrected chi connectivity index (χ0v) is 12.9. The maximum absolute atomic E-state index is 14.0.